The zero-order valence-corrected chi connectivity index (χ0v) is 16.1. The first-order valence-corrected chi connectivity index (χ1v) is 9.13. The summed E-state index contributed by atoms with van der Waals surface area (Å²) >= 11 is 3.39. The fourth-order valence-electron chi connectivity index (χ4n) is 3.08. The van der Waals surface area contributed by atoms with Crippen molar-refractivity contribution in [2.24, 2.45) is 0 Å². The molecule has 0 saturated heterocycles. The molecule has 3 nitrogen and oxygen atoms in total. The van der Waals surface area contributed by atoms with Crippen LogP contribution >= 0.6 is 15.9 Å². The van der Waals surface area contributed by atoms with Crippen molar-refractivity contribution in [3.63, 3.8) is 0 Å². The highest BCUT2D eigenvalue weighted by molar-refractivity contribution is 9.10. The maximum Gasteiger partial charge on any atom is 0.0745 e. The van der Waals surface area contributed by atoms with Crippen LogP contribution in [0.1, 0.15) is 47.7 Å². The van der Waals surface area contributed by atoms with Gasteiger partial charge in [-0.1, -0.05) is 54.0 Å². The molecule has 0 unspecified atom stereocenters. The van der Waals surface area contributed by atoms with Gasteiger partial charge in [0.2, 0.25) is 0 Å². The summed E-state index contributed by atoms with van der Waals surface area (Å²) in [4.78, 5) is 16.5. The van der Waals surface area contributed by atoms with Crippen molar-refractivity contribution in [3.05, 3.63) is 63.6 Å². The molecule has 2 aromatic carbocycles. The summed E-state index contributed by atoms with van der Waals surface area (Å²) < 4.78 is 0.814. The van der Waals surface area contributed by atoms with Crippen molar-refractivity contribution >= 4 is 32.8 Å². The Morgan fingerprint density at radius 3 is 2.48 bits per heavy atom. The molecule has 0 aliphatic rings. The highest BCUT2D eigenvalue weighted by Crippen LogP contribution is 2.31. The number of carboxylic acids is 1. The van der Waals surface area contributed by atoms with Crippen LogP contribution in [0.25, 0.3) is 22.2 Å². The van der Waals surface area contributed by atoms with Crippen molar-refractivity contribution in [3.8, 4) is 11.3 Å². The fourth-order valence-corrected chi connectivity index (χ4v) is 3.44. The summed E-state index contributed by atoms with van der Waals surface area (Å²) in [6.45, 7) is 6.15. The molecule has 0 aliphatic carbocycles. The van der Waals surface area contributed by atoms with E-state index in [4.69, 9.17) is 4.98 Å². The largest absolute Gasteiger partial charge is 0.545 e. The van der Waals surface area contributed by atoms with Gasteiger partial charge in [0.05, 0.1) is 17.2 Å². The van der Waals surface area contributed by atoms with E-state index >= 15 is 0 Å². The predicted molar refractivity (Wildman–Crippen MR) is 103 cm³/mol. The van der Waals surface area contributed by atoms with Crippen molar-refractivity contribution in [1.82, 2.24) is 4.98 Å². The SMILES string of the molecule is CC[C@@H](C)c1ccc(-c2nc3ccc(Br)cc3c(C(=O)[O-])c2C)cc1. The molecule has 0 bridgehead atoms. The normalized spacial score (nSPS) is 12.3. The molecule has 128 valence electrons. The minimum absolute atomic E-state index is 0.201. The van der Waals surface area contributed by atoms with Gasteiger partial charge in [-0.2, -0.15) is 0 Å². The molecule has 0 aliphatic heterocycles. The number of pyridine rings is 1. The Hall–Kier alpha value is -2.20. The first-order chi connectivity index (χ1) is 11.9. The number of aromatic carboxylic acids is 1. The molecule has 1 heterocycles. The smallest absolute Gasteiger partial charge is 0.0745 e. The number of nitrogens with zero attached hydrogens (tertiary/aromatic N) is 1. The van der Waals surface area contributed by atoms with Crippen molar-refractivity contribution in [2.45, 2.75) is 33.1 Å². The van der Waals surface area contributed by atoms with Crippen LogP contribution in [0.5, 0.6) is 0 Å². The number of halogens is 1. The number of aromatic nitrogens is 1. The standard InChI is InChI=1S/C21H20BrNO2/c1-4-12(2)14-5-7-15(8-6-14)20-13(3)19(21(24)25)17-11-16(22)9-10-18(17)23-20/h5-12H,4H2,1-3H3,(H,24,25)/p-1/t12-/m1/s1. The molecular formula is C21H19BrNO2-. The van der Waals surface area contributed by atoms with E-state index in [1.807, 2.05) is 24.3 Å². The van der Waals surface area contributed by atoms with Crippen LogP contribution in [0, 0.1) is 6.92 Å². The Morgan fingerprint density at radius 1 is 1.20 bits per heavy atom. The van der Waals surface area contributed by atoms with Crippen LogP contribution in [-0.4, -0.2) is 11.0 Å². The van der Waals surface area contributed by atoms with Gasteiger partial charge in [0, 0.05) is 21.0 Å². The van der Waals surface area contributed by atoms with E-state index in [1.54, 1.807) is 13.0 Å². The molecule has 3 rings (SSSR count). The molecular weight excluding hydrogens is 378 g/mol. The topological polar surface area (TPSA) is 53.0 Å². The first kappa shape index (κ1) is 17.6. The third kappa shape index (κ3) is 3.31. The summed E-state index contributed by atoms with van der Waals surface area (Å²) in [7, 11) is 0. The summed E-state index contributed by atoms with van der Waals surface area (Å²) in [6.07, 6.45) is 1.08. The van der Waals surface area contributed by atoms with Crippen LogP contribution in [-0.2, 0) is 0 Å². The average Bonchev–Trinajstić information content (AvgIpc) is 2.60. The van der Waals surface area contributed by atoms with Gasteiger partial charge >= 0.3 is 0 Å². The summed E-state index contributed by atoms with van der Waals surface area (Å²) in [6, 6.07) is 13.7. The van der Waals surface area contributed by atoms with Crippen molar-refractivity contribution < 1.29 is 9.90 Å². The summed E-state index contributed by atoms with van der Waals surface area (Å²) in [5.74, 6) is -0.684. The molecule has 0 spiro atoms. The molecule has 0 amide bonds. The number of carboxylic acid groups (broad SMARTS) is 1. The zero-order chi connectivity index (χ0) is 18.1. The van der Waals surface area contributed by atoms with E-state index in [0.717, 1.165) is 16.5 Å². The summed E-state index contributed by atoms with van der Waals surface area (Å²) in [5, 5.41) is 12.3. The highest BCUT2D eigenvalue weighted by Gasteiger charge is 2.15. The maximum absolute atomic E-state index is 11.8. The number of hydrogen-bond acceptors (Lipinski definition) is 3. The van der Waals surface area contributed by atoms with Gasteiger partial charge in [0.15, 0.2) is 0 Å². The number of carbonyl (C=O) groups excluding carboxylic acids is 1. The Balaban J connectivity index is 2.21. The first-order valence-electron chi connectivity index (χ1n) is 8.34. The molecule has 25 heavy (non-hydrogen) atoms. The Bertz CT molecular complexity index is 948. The van der Waals surface area contributed by atoms with Crippen LogP contribution in [0.4, 0.5) is 0 Å². The Kier molecular flexibility index (Phi) is 4.91. The van der Waals surface area contributed by atoms with Gasteiger partial charge in [-0.25, -0.2) is 4.98 Å². The molecule has 1 atom stereocenters. The molecule has 0 radical (unpaired) electrons. The van der Waals surface area contributed by atoms with E-state index < -0.39 is 5.97 Å². The van der Waals surface area contributed by atoms with Gasteiger partial charge in [-0.3, -0.25) is 0 Å². The van der Waals surface area contributed by atoms with E-state index in [9.17, 15) is 9.90 Å². The van der Waals surface area contributed by atoms with Crippen LogP contribution in [0.2, 0.25) is 0 Å². The lowest BCUT2D eigenvalue weighted by Gasteiger charge is -2.16. The van der Waals surface area contributed by atoms with Gasteiger partial charge in [0.25, 0.3) is 0 Å². The lowest BCUT2D eigenvalue weighted by molar-refractivity contribution is -0.254. The maximum atomic E-state index is 11.8. The highest BCUT2D eigenvalue weighted by atomic mass is 79.9. The monoisotopic (exact) mass is 396 g/mol. The zero-order valence-electron chi connectivity index (χ0n) is 14.5. The lowest BCUT2D eigenvalue weighted by Crippen LogP contribution is -2.24. The minimum Gasteiger partial charge on any atom is -0.545 e. The third-order valence-corrected chi connectivity index (χ3v) is 5.25. The lowest BCUT2D eigenvalue weighted by atomic mass is 9.94. The Morgan fingerprint density at radius 2 is 1.88 bits per heavy atom. The third-order valence-electron chi connectivity index (χ3n) is 4.76. The number of benzene rings is 2. The second-order valence-corrected chi connectivity index (χ2v) is 7.26. The van der Waals surface area contributed by atoms with Gasteiger partial charge in [-0.15, -0.1) is 0 Å². The van der Waals surface area contributed by atoms with Crippen molar-refractivity contribution in [1.29, 1.82) is 0 Å². The van der Waals surface area contributed by atoms with E-state index in [1.165, 1.54) is 5.56 Å². The molecule has 1 aromatic heterocycles. The van der Waals surface area contributed by atoms with Gasteiger partial charge in [-0.05, 0) is 48.6 Å². The van der Waals surface area contributed by atoms with Gasteiger partial charge in [0.1, 0.15) is 0 Å². The van der Waals surface area contributed by atoms with Gasteiger partial charge < -0.3 is 9.90 Å². The number of fused-ring (bicyclic) bond motifs is 1. The van der Waals surface area contributed by atoms with Crippen LogP contribution in [0.3, 0.4) is 0 Å². The van der Waals surface area contributed by atoms with Crippen LogP contribution in [0.15, 0.2) is 46.9 Å². The molecule has 0 N–H and O–H groups in total. The minimum atomic E-state index is -1.18. The number of hydrogen-bond donors (Lipinski definition) is 0. The number of carbonyl (C=O) groups is 1. The Labute approximate surface area is 155 Å². The van der Waals surface area contributed by atoms with E-state index in [2.05, 4.69) is 41.9 Å². The fraction of sp³-hybridized carbons (Fsp3) is 0.238. The predicted octanol–water partition coefficient (Wildman–Crippen LogP) is 4.85. The van der Waals surface area contributed by atoms with E-state index in [-0.39, 0.29) is 5.56 Å². The molecule has 0 fully saturated rings. The molecule has 4 heteroatoms. The quantitative estimate of drug-likeness (QED) is 0.633. The van der Waals surface area contributed by atoms with Crippen LogP contribution < -0.4 is 5.11 Å². The second-order valence-electron chi connectivity index (χ2n) is 6.34. The summed E-state index contributed by atoms with van der Waals surface area (Å²) in [5.41, 5.74) is 4.35. The molecule has 0 saturated carbocycles. The van der Waals surface area contributed by atoms with Crippen molar-refractivity contribution in [2.75, 3.05) is 0 Å². The molecule has 3 aromatic rings. The number of rotatable bonds is 4. The van der Waals surface area contributed by atoms with E-state index in [0.29, 0.717) is 28.1 Å². The second kappa shape index (κ2) is 6.96. The average molecular weight is 397 g/mol.